The number of likely N-dealkylation sites (tertiary alicyclic amines) is 1. The number of rotatable bonds is 5. The van der Waals surface area contributed by atoms with Crippen LogP contribution in [0.1, 0.15) is 35.8 Å². The zero-order valence-electron chi connectivity index (χ0n) is 16.0. The van der Waals surface area contributed by atoms with Crippen molar-refractivity contribution < 1.29 is 18.7 Å². The lowest BCUT2D eigenvalue weighted by atomic mass is 9.97. The number of hydrogen-bond acceptors (Lipinski definition) is 4. The average Bonchev–Trinajstić information content (AvgIpc) is 3.31. The summed E-state index contributed by atoms with van der Waals surface area (Å²) in [4.78, 5) is 27.0. The summed E-state index contributed by atoms with van der Waals surface area (Å²) in [5.41, 5.74) is 3.36. The smallest absolute Gasteiger partial charge is 0.309 e. The molecule has 0 radical (unpaired) electrons. The number of piperidine rings is 1. The highest BCUT2D eigenvalue weighted by atomic mass is 16.5. The third-order valence-corrected chi connectivity index (χ3v) is 5.33. The van der Waals surface area contributed by atoms with E-state index >= 15 is 0 Å². The van der Waals surface area contributed by atoms with E-state index in [0.29, 0.717) is 50.4 Å². The van der Waals surface area contributed by atoms with Gasteiger partial charge in [-0.3, -0.25) is 9.59 Å². The molecule has 1 fully saturated rings. The highest BCUT2D eigenvalue weighted by molar-refractivity contribution is 5.97. The first-order valence-corrected chi connectivity index (χ1v) is 9.74. The van der Waals surface area contributed by atoms with Crippen LogP contribution in [0.25, 0.3) is 11.1 Å². The van der Waals surface area contributed by atoms with Crippen LogP contribution in [0.3, 0.4) is 0 Å². The summed E-state index contributed by atoms with van der Waals surface area (Å²) in [7, 11) is 0. The van der Waals surface area contributed by atoms with E-state index in [9.17, 15) is 9.59 Å². The first-order valence-electron chi connectivity index (χ1n) is 9.74. The number of esters is 1. The van der Waals surface area contributed by atoms with E-state index in [0.717, 1.165) is 11.1 Å². The molecule has 1 aromatic carbocycles. The van der Waals surface area contributed by atoms with E-state index < -0.39 is 0 Å². The maximum absolute atomic E-state index is 13.2. The van der Waals surface area contributed by atoms with Crippen molar-refractivity contribution in [3.05, 3.63) is 60.0 Å². The van der Waals surface area contributed by atoms with Crippen molar-refractivity contribution in [2.24, 2.45) is 5.92 Å². The Kier molecular flexibility index (Phi) is 5.19. The summed E-state index contributed by atoms with van der Waals surface area (Å²) < 4.78 is 12.7. The monoisotopic (exact) mass is 380 g/mol. The standard InChI is InChI=1S/C22H24N2O4/c1-2-27-22(26)17-8-11-23(12-9-17)21(25)19-14-20-18(10-13-28-20)24(19)15-16-6-4-3-5-7-16/h3-7,10,13-14,17H,2,8-9,11-12,15H2,1H3. The van der Waals surface area contributed by atoms with Gasteiger partial charge >= 0.3 is 5.97 Å². The second-order valence-corrected chi connectivity index (χ2v) is 7.09. The van der Waals surface area contributed by atoms with Gasteiger partial charge in [-0.15, -0.1) is 0 Å². The number of ether oxygens (including phenoxy) is 1. The number of hydrogen-bond donors (Lipinski definition) is 0. The summed E-state index contributed by atoms with van der Waals surface area (Å²) in [5, 5.41) is 0. The number of aromatic nitrogens is 1. The number of nitrogens with zero attached hydrogens (tertiary/aromatic N) is 2. The Bertz CT molecular complexity index is 965. The van der Waals surface area contributed by atoms with Crippen LogP contribution in [0.15, 0.2) is 53.1 Å². The molecule has 6 nitrogen and oxygen atoms in total. The van der Waals surface area contributed by atoms with Gasteiger partial charge in [-0.05, 0) is 25.3 Å². The summed E-state index contributed by atoms with van der Waals surface area (Å²) >= 11 is 0. The van der Waals surface area contributed by atoms with Gasteiger partial charge in [-0.1, -0.05) is 30.3 Å². The quantitative estimate of drug-likeness (QED) is 0.633. The van der Waals surface area contributed by atoms with Gasteiger partial charge in [-0.2, -0.15) is 0 Å². The SMILES string of the molecule is CCOC(=O)C1CCN(C(=O)c2cc3occc3n2Cc2ccccc2)CC1. The molecule has 0 N–H and O–H groups in total. The van der Waals surface area contributed by atoms with Crippen LogP contribution >= 0.6 is 0 Å². The molecule has 0 aliphatic carbocycles. The van der Waals surface area contributed by atoms with Crippen molar-refractivity contribution in [3.8, 4) is 0 Å². The summed E-state index contributed by atoms with van der Waals surface area (Å²) in [6.07, 6.45) is 2.92. The predicted molar refractivity (Wildman–Crippen MR) is 105 cm³/mol. The van der Waals surface area contributed by atoms with Crippen LogP contribution in [0.2, 0.25) is 0 Å². The second-order valence-electron chi connectivity index (χ2n) is 7.09. The first kappa shape index (κ1) is 18.3. The van der Waals surface area contributed by atoms with Crippen LogP contribution in [0.5, 0.6) is 0 Å². The van der Waals surface area contributed by atoms with Crippen LogP contribution in [-0.4, -0.2) is 41.0 Å². The molecule has 3 aromatic rings. The molecule has 3 heterocycles. The Balaban J connectivity index is 1.54. The van der Waals surface area contributed by atoms with E-state index in [1.165, 1.54) is 0 Å². The van der Waals surface area contributed by atoms with Crippen LogP contribution in [-0.2, 0) is 16.1 Å². The Morgan fingerprint density at radius 2 is 1.89 bits per heavy atom. The third kappa shape index (κ3) is 3.54. The summed E-state index contributed by atoms with van der Waals surface area (Å²) in [5.74, 6) is -0.291. The van der Waals surface area contributed by atoms with E-state index in [1.54, 1.807) is 6.26 Å². The molecular formula is C22H24N2O4. The van der Waals surface area contributed by atoms with E-state index in [2.05, 4.69) is 0 Å². The van der Waals surface area contributed by atoms with Crippen molar-refractivity contribution in [1.29, 1.82) is 0 Å². The predicted octanol–water partition coefficient (Wildman–Crippen LogP) is 3.70. The van der Waals surface area contributed by atoms with E-state index in [-0.39, 0.29) is 17.8 Å². The number of carbonyl (C=O) groups excluding carboxylic acids is 2. The third-order valence-electron chi connectivity index (χ3n) is 5.33. The van der Waals surface area contributed by atoms with Crippen molar-refractivity contribution in [1.82, 2.24) is 9.47 Å². The summed E-state index contributed by atoms with van der Waals surface area (Å²) in [6.45, 7) is 3.92. The van der Waals surface area contributed by atoms with Gasteiger partial charge in [0.15, 0.2) is 5.58 Å². The fraction of sp³-hybridized carbons (Fsp3) is 0.364. The molecule has 1 amide bonds. The molecule has 6 heteroatoms. The van der Waals surface area contributed by atoms with E-state index in [4.69, 9.17) is 9.15 Å². The highest BCUT2D eigenvalue weighted by Gasteiger charge is 2.30. The molecule has 1 aliphatic heterocycles. The fourth-order valence-electron chi connectivity index (χ4n) is 3.83. The molecule has 0 spiro atoms. The Morgan fingerprint density at radius 3 is 2.61 bits per heavy atom. The topological polar surface area (TPSA) is 64.7 Å². The van der Waals surface area contributed by atoms with Crippen LogP contribution in [0.4, 0.5) is 0 Å². The number of carbonyl (C=O) groups is 2. The minimum absolute atomic E-state index is 0.0235. The largest absolute Gasteiger partial charge is 0.466 e. The zero-order chi connectivity index (χ0) is 19.5. The number of fused-ring (bicyclic) bond motifs is 1. The number of benzene rings is 1. The van der Waals surface area contributed by atoms with Crippen molar-refractivity contribution in [2.75, 3.05) is 19.7 Å². The molecule has 28 heavy (non-hydrogen) atoms. The Hall–Kier alpha value is -3.02. The molecule has 4 rings (SSSR count). The lowest BCUT2D eigenvalue weighted by Gasteiger charge is -2.31. The maximum Gasteiger partial charge on any atom is 0.309 e. The molecule has 2 aromatic heterocycles. The molecule has 146 valence electrons. The zero-order valence-corrected chi connectivity index (χ0v) is 16.0. The van der Waals surface area contributed by atoms with Crippen LogP contribution < -0.4 is 0 Å². The Labute approximate surface area is 163 Å². The van der Waals surface area contributed by atoms with Gasteiger partial charge < -0.3 is 18.6 Å². The highest BCUT2D eigenvalue weighted by Crippen LogP contribution is 2.26. The van der Waals surface area contributed by atoms with Gasteiger partial charge in [0, 0.05) is 31.8 Å². The van der Waals surface area contributed by atoms with Gasteiger partial charge in [0.25, 0.3) is 5.91 Å². The fourth-order valence-corrected chi connectivity index (χ4v) is 3.83. The molecule has 1 saturated heterocycles. The first-order chi connectivity index (χ1) is 13.7. The lowest BCUT2D eigenvalue weighted by Crippen LogP contribution is -2.41. The average molecular weight is 380 g/mol. The van der Waals surface area contributed by atoms with Crippen molar-refractivity contribution in [2.45, 2.75) is 26.3 Å². The van der Waals surface area contributed by atoms with Crippen molar-refractivity contribution in [3.63, 3.8) is 0 Å². The molecule has 0 atom stereocenters. The molecular weight excluding hydrogens is 356 g/mol. The minimum atomic E-state index is -0.153. The minimum Gasteiger partial charge on any atom is -0.466 e. The lowest BCUT2D eigenvalue weighted by molar-refractivity contribution is -0.149. The van der Waals surface area contributed by atoms with Gasteiger partial charge in [0.1, 0.15) is 5.69 Å². The molecule has 0 saturated carbocycles. The van der Waals surface area contributed by atoms with Crippen LogP contribution in [0, 0.1) is 5.92 Å². The van der Waals surface area contributed by atoms with Gasteiger partial charge in [-0.25, -0.2) is 0 Å². The number of furan rings is 1. The molecule has 0 bridgehead atoms. The molecule has 1 aliphatic rings. The number of amides is 1. The summed E-state index contributed by atoms with van der Waals surface area (Å²) in [6, 6.07) is 13.8. The molecule has 0 unspecified atom stereocenters. The maximum atomic E-state index is 13.2. The second kappa shape index (κ2) is 7.92. The van der Waals surface area contributed by atoms with E-state index in [1.807, 2.05) is 58.9 Å². The van der Waals surface area contributed by atoms with Crippen molar-refractivity contribution >= 4 is 23.0 Å². The van der Waals surface area contributed by atoms with Gasteiger partial charge in [0.2, 0.25) is 0 Å². The Morgan fingerprint density at radius 1 is 1.14 bits per heavy atom. The van der Waals surface area contributed by atoms with Gasteiger partial charge in [0.05, 0.1) is 24.3 Å². The normalized spacial score (nSPS) is 15.1.